The monoisotopic (exact) mass is 332 g/mol. The van der Waals surface area contributed by atoms with Gasteiger partial charge in [-0.1, -0.05) is 6.07 Å². The Hall–Kier alpha value is -1.59. The number of likely N-dealkylation sites (tertiary alicyclic amines) is 2. The molecule has 2 saturated heterocycles. The summed E-state index contributed by atoms with van der Waals surface area (Å²) in [5.74, 6) is 0.845. The number of hydrogen-bond acceptors (Lipinski definition) is 4. The summed E-state index contributed by atoms with van der Waals surface area (Å²) in [7, 11) is 5.59. The molecule has 3 rings (SSSR count). The number of piperidine rings is 1. The van der Waals surface area contributed by atoms with E-state index in [1.54, 1.807) is 14.2 Å². The second-order valence-corrected chi connectivity index (χ2v) is 7.25. The van der Waals surface area contributed by atoms with Crippen LogP contribution in [0.5, 0.6) is 5.75 Å². The maximum atomic E-state index is 12.7. The van der Waals surface area contributed by atoms with Gasteiger partial charge in [-0.25, -0.2) is 0 Å². The van der Waals surface area contributed by atoms with Crippen LogP contribution in [-0.4, -0.2) is 69.3 Å². The number of methoxy groups -OCH3 is 2. The SMILES string of the molecule is COC[C@@H]1CC2(CCN(C(=O)c3cccc(OC)c3)CC2)CN1C. The average molecular weight is 332 g/mol. The average Bonchev–Trinajstić information content (AvgIpc) is 2.90. The number of carbonyl (C=O) groups excluding carboxylic acids is 1. The molecule has 5 nitrogen and oxygen atoms in total. The highest BCUT2D eigenvalue weighted by molar-refractivity contribution is 5.94. The van der Waals surface area contributed by atoms with Crippen molar-refractivity contribution < 1.29 is 14.3 Å². The van der Waals surface area contributed by atoms with Gasteiger partial charge in [0.2, 0.25) is 0 Å². The van der Waals surface area contributed by atoms with Crippen molar-refractivity contribution in [1.82, 2.24) is 9.80 Å². The van der Waals surface area contributed by atoms with Crippen LogP contribution in [0.25, 0.3) is 0 Å². The van der Waals surface area contributed by atoms with Gasteiger partial charge in [-0.15, -0.1) is 0 Å². The van der Waals surface area contributed by atoms with E-state index in [9.17, 15) is 4.79 Å². The quantitative estimate of drug-likeness (QED) is 0.848. The Morgan fingerprint density at radius 2 is 2.04 bits per heavy atom. The highest BCUT2D eigenvalue weighted by Crippen LogP contribution is 2.43. The second kappa shape index (κ2) is 7.11. The van der Waals surface area contributed by atoms with Crippen LogP contribution < -0.4 is 4.74 Å². The summed E-state index contributed by atoms with van der Waals surface area (Å²) in [4.78, 5) is 17.2. The fourth-order valence-corrected chi connectivity index (χ4v) is 4.24. The van der Waals surface area contributed by atoms with Crippen molar-refractivity contribution in [1.29, 1.82) is 0 Å². The Morgan fingerprint density at radius 3 is 2.71 bits per heavy atom. The smallest absolute Gasteiger partial charge is 0.253 e. The first-order valence-corrected chi connectivity index (χ1v) is 8.69. The number of likely N-dealkylation sites (N-methyl/N-ethyl adjacent to an activating group) is 1. The van der Waals surface area contributed by atoms with Crippen LogP contribution in [0.2, 0.25) is 0 Å². The number of ether oxygens (including phenoxy) is 2. The zero-order valence-electron chi connectivity index (χ0n) is 15.0. The molecule has 2 aliphatic heterocycles. The Labute approximate surface area is 144 Å². The Kier molecular flexibility index (Phi) is 5.11. The molecule has 2 fully saturated rings. The third-order valence-electron chi connectivity index (χ3n) is 5.66. The predicted octanol–water partition coefficient (Wildman–Crippen LogP) is 2.27. The van der Waals surface area contributed by atoms with Crippen LogP contribution in [-0.2, 0) is 4.74 Å². The molecular weight excluding hydrogens is 304 g/mol. The number of hydrogen-bond donors (Lipinski definition) is 0. The van der Waals surface area contributed by atoms with Gasteiger partial charge in [0.25, 0.3) is 5.91 Å². The lowest BCUT2D eigenvalue weighted by molar-refractivity contribution is 0.0591. The van der Waals surface area contributed by atoms with Gasteiger partial charge in [0.1, 0.15) is 5.75 Å². The first-order valence-electron chi connectivity index (χ1n) is 8.69. The maximum absolute atomic E-state index is 12.7. The molecule has 2 heterocycles. The molecule has 0 saturated carbocycles. The standard InChI is InChI=1S/C19H28N2O3/c1-20-14-19(12-16(20)13-23-2)7-9-21(10-8-19)18(22)15-5-4-6-17(11-15)24-3/h4-6,11,16H,7-10,12-14H2,1-3H3/t16-/m0/s1. The van der Waals surface area contributed by atoms with E-state index in [1.807, 2.05) is 29.2 Å². The van der Waals surface area contributed by atoms with E-state index in [-0.39, 0.29) is 5.91 Å². The summed E-state index contributed by atoms with van der Waals surface area (Å²) in [6.07, 6.45) is 3.33. The number of rotatable bonds is 4. The van der Waals surface area contributed by atoms with Crippen LogP contribution in [0, 0.1) is 5.41 Å². The molecule has 0 bridgehead atoms. The van der Waals surface area contributed by atoms with Gasteiger partial charge in [-0.2, -0.15) is 0 Å². The van der Waals surface area contributed by atoms with E-state index < -0.39 is 0 Å². The van der Waals surface area contributed by atoms with Crippen LogP contribution in [0.3, 0.4) is 0 Å². The molecule has 0 N–H and O–H groups in total. The lowest BCUT2D eigenvalue weighted by atomic mass is 9.76. The van der Waals surface area contributed by atoms with Crippen LogP contribution >= 0.6 is 0 Å². The molecule has 0 aliphatic carbocycles. The zero-order chi connectivity index (χ0) is 17.2. The molecule has 132 valence electrons. The van der Waals surface area contributed by atoms with Crippen LogP contribution in [0.15, 0.2) is 24.3 Å². The molecular formula is C19H28N2O3. The fourth-order valence-electron chi connectivity index (χ4n) is 4.24. The van der Waals surface area contributed by atoms with E-state index in [4.69, 9.17) is 9.47 Å². The van der Waals surface area contributed by atoms with E-state index in [2.05, 4.69) is 11.9 Å². The largest absolute Gasteiger partial charge is 0.497 e. The third kappa shape index (κ3) is 3.42. The van der Waals surface area contributed by atoms with Crippen molar-refractivity contribution in [2.24, 2.45) is 5.41 Å². The summed E-state index contributed by atoms with van der Waals surface area (Å²) in [6.45, 7) is 3.58. The predicted molar refractivity (Wildman–Crippen MR) is 93.5 cm³/mol. The van der Waals surface area contributed by atoms with Gasteiger partial charge in [0.05, 0.1) is 13.7 Å². The fraction of sp³-hybridized carbons (Fsp3) is 0.632. The summed E-state index contributed by atoms with van der Waals surface area (Å²) < 4.78 is 10.6. The Bertz CT molecular complexity index is 582. The zero-order valence-corrected chi connectivity index (χ0v) is 15.0. The lowest BCUT2D eigenvalue weighted by Gasteiger charge is -2.39. The number of benzene rings is 1. The summed E-state index contributed by atoms with van der Waals surface area (Å²) in [6, 6.07) is 7.94. The van der Waals surface area contributed by atoms with Gasteiger partial charge in [0, 0.05) is 38.3 Å². The van der Waals surface area contributed by atoms with Gasteiger partial charge in [0.15, 0.2) is 0 Å². The second-order valence-electron chi connectivity index (χ2n) is 7.25. The van der Waals surface area contributed by atoms with Crippen molar-refractivity contribution in [3.63, 3.8) is 0 Å². The first-order chi connectivity index (χ1) is 11.6. The van der Waals surface area contributed by atoms with E-state index >= 15 is 0 Å². The topological polar surface area (TPSA) is 42.0 Å². The Balaban J connectivity index is 1.62. The Morgan fingerprint density at radius 1 is 1.29 bits per heavy atom. The van der Waals surface area contributed by atoms with Crippen molar-refractivity contribution in [2.75, 3.05) is 47.5 Å². The molecule has 0 unspecified atom stereocenters. The number of nitrogens with zero attached hydrogens (tertiary/aromatic N) is 2. The van der Waals surface area contributed by atoms with Crippen molar-refractivity contribution in [3.8, 4) is 5.75 Å². The van der Waals surface area contributed by atoms with E-state index in [0.717, 1.165) is 44.8 Å². The first kappa shape index (κ1) is 17.2. The molecule has 0 radical (unpaired) electrons. The molecule has 24 heavy (non-hydrogen) atoms. The highest BCUT2D eigenvalue weighted by Gasteiger charge is 2.44. The van der Waals surface area contributed by atoms with Crippen LogP contribution in [0.1, 0.15) is 29.6 Å². The van der Waals surface area contributed by atoms with Gasteiger partial charge < -0.3 is 19.3 Å². The minimum atomic E-state index is 0.114. The molecule has 2 aliphatic rings. The van der Waals surface area contributed by atoms with Crippen molar-refractivity contribution in [2.45, 2.75) is 25.3 Å². The normalized spacial score (nSPS) is 23.6. The summed E-state index contributed by atoms with van der Waals surface area (Å²) in [5.41, 5.74) is 1.06. The summed E-state index contributed by atoms with van der Waals surface area (Å²) >= 11 is 0. The number of amides is 1. The van der Waals surface area contributed by atoms with Gasteiger partial charge in [-0.3, -0.25) is 4.79 Å². The van der Waals surface area contributed by atoms with E-state index in [1.165, 1.54) is 6.42 Å². The van der Waals surface area contributed by atoms with E-state index in [0.29, 0.717) is 17.0 Å². The molecule has 1 spiro atoms. The molecule has 1 aromatic carbocycles. The maximum Gasteiger partial charge on any atom is 0.253 e. The summed E-state index contributed by atoms with van der Waals surface area (Å²) in [5, 5.41) is 0. The van der Waals surface area contributed by atoms with Gasteiger partial charge in [-0.05, 0) is 49.9 Å². The molecule has 1 atom stereocenters. The molecule has 5 heteroatoms. The minimum Gasteiger partial charge on any atom is -0.497 e. The number of carbonyl (C=O) groups is 1. The van der Waals surface area contributed by atoms with Crippen LogP contribution in [0.4, 0.5) is 0 Å². The highest BCUT2D eigenvalue weighted by atomic mass is 16.5. The molecule has 0 aromatic heterocycles. The lowest BCUT2D eigenvalue weighted by Crippen LogP contribution is -2.44. The molecule has 1 amide bonds. The van der Waals surface area contributed by atoms with Crippen molar-refractivity contribution >= 4 is 5.91 Å². The van der Waals surface area contributed by atoms with Crippen molar-refractivity contribution in [3.05, 3.63) is 29.8 Å². The van der Waals surface area contributed by atoms with Gasteiger partial charge >= 0.3 is 0 Å². The third-order valence-corrected chi connectivity index (χ3v) is 5.66. The minimum absolute atomic E-state index is 0.114. The molecule has 1 aromatic rings.